The second kappa shape index (κ2) is 7.49. The van der Waals surface area contributed by atoms with E-state index in [-0.39, 0.29) is 0 Å². The molecule has 0 saturated heterocycles. The van der Waals surface area contributed by atoms with Gasteiger partial charge in [0.1, 0.15) is 0 Å². The molecule has 0 aromatic rings. The molecule has 0 unspecified atom stereocenters. The van der Waals surface area contributed by atoms with E-state index in [0.29, 0.717) is 0 Å². The topological polar surface area (TPSA) is 0 Å². The van der Waals surface area contributed by atoms with Crippen molar-refractivity contribution in [1.82, 2.24) is 0 Å². The number of hydrogen-bond donors (Lipinski definition) is 0. The Hall–Kier alpha value is 1.23. The molecule has 0 N–H and O–H groups in total. The van der Waals surface area contributed by atoms with Gasteiger partial charge in [-0.3, -0.25) is 0 Å². The van der Waals surface area contributed by atoms with Gasteiger partial charge < -0.3 is 0 Å². The van der Waals surface area contributed by atoms with Crippen LogP contribution in [0.5, 0.6) is 0 Å². The van der Waals surface area contributed by atoms with Crippen LogP contribution >= 0.6 is 19.2 Å². The Kier molecular flexibility index (Phi) is 8.15. The normalized spacial score (nSPS) is 22.8. The molecule has 1 fully saturated rings. The summed E-state index contributed by atoms with van der Waals surface area (Å²) in [4.78, 5) is 0. The van der Waals surface area contributed by atoms with Crippen LogP contribution in [0.1, 0.15) is 41.0 Å². The van der Waals surface area contributed by atoms with E-state index < -0.39 is 15.7 Å². The molecule has 14 heavy (non-hydrogen) atoms. The van der Waals surface area contributed by atoms with Gasteiger partial charge in [0.15, 0.2) is 0 Å². The maximum absolute atomic E-state index is 4.89. The first-order valence-corrected chi connectivity index (χ1v) is 10.5. The molecule has 5 radical (unpaired) electrons. The van der Waals surface area contributed by atoms with Gasteiger partial charge in [0.05, 0.1) is 0 Å². The Labute approximate surface area is 105 Å². The average molecular weight is 412 g/mol. The van der Waals surface area contributed by atoms with Crippen LogP contribution in [0.4, 0.5) is 0 Å². The van der Waals surface area contributed by atoms with Crippen LogP contribution in [-0.4, -0.2) is 0 Å². The first kappa shape index (κ1) is 15.2. The van der Waals surface area contributed by atoms with Crippen LogP contribution in [0.2, 0.25) is 0 Å². The minimum absolute atomic E-state index is 0.556. The van der Waals surface area contributed by atoms with E-state index in [2.05, 4.69) is 34.6 Å². The van der Waals surface area contributed by atoms with Crippen molar-refractivity contribution in [3.05, 3.63) is 29.6 Å². The summed E-state index contributed by atoms with van der Waals surface area (Å²) < 4.78 is 0. The Balaban J connectivity index is 0.000000500. The monoisotopic (exact) mass is 412 g/mol. The number of halogens is 2. The summed E-state index contributed by atoms with van der Waals surface area (Å²) in [6.45, 7) is 11.1. The molecule has 0 aromatic heterocycles. The summed E-state index contributed by atoms with van der Waals surface area (Å²) in [5.41, 5.74) is 0. The summed E-state index contributed by atoms with van der Waals surface area (Å²) in [5, 5.41) is 0. The molecule has 1 saturated carbocycles. The minimum atomic E-state index is -0.556. The Morgan fingerprint density at radius 3 is 1.29 bits per heavy atom. The predicted molar refractivity (Wildman–Crippen MR) is 60.9 cm³/mol. The fourth-order valence-corrected chi connectivity index (χ4v) is 1.83. The van der Waals surface area contributed by atoms with Gasteiger partial charge in [-0.05, 0) is 36.0 Å². The van der Waals surface area contributed by atoms with Crippen LogP contribution in [0.15, 0.2) is 0 Å². The average Bonchev–Trinajstić information content (AvgIpc) is 2.33. The Morgan fingerprint density at radius 2 is 1.14 bits per heavy atom. The van der Waals surface area contributed by atoms with Crippen molar-refractivity contribution in [1.29, 1.82) is 0 Å². The Bertz CT molecular complexity index is 138. The predicted octanol–water partition coefficient (Wildman–Crippen LogP) is 4.74. The van der Waals surface area contributed by atoms with E-state index in [1.807, 2.05) is 0 Å². The molecule has 1 aliphatic carbocycles. The van der Waals surface area contributed by atoms with E-state index in [1.54, 1.807) is 5.92 Å². The van der Waals surface area contributed by atoms with Crippen LogP contribution in [-0.2, 0) is 15.7 Å². The van der Waals surface area contributed by atoms with Crippen LogP contribution in [0, 0.1) is 29.6 Å². The SMILES string of the molecule is CC[C]1[C](C)[C](C)[C](C)[C]1C.[Cl][Ir+][Cl]. The van der Waals surface area contributed by atoms with Gasteiger partial charge in [-0.2, -0.15) is 0 Å². The van der Waals surface area contributed by atoms with Gasteiger partial charge in [-0.15, -0.1) is 0 Å². The summed E-state index contributed by atoms with van der Waals surface area (Å²) >= 11 is -0.556. The molecule has 0 spiro atoms. The van der Waals surface area contributed by atoms with E-state index >= 15 is 0 Å². The molecule has 0 nitrogen and oxygen atoms in total. The van der Waals surface area contributed by atoms with Crippen LogP contribution < -0.4 is 0 Å². The van der Waals surface area contributed by atoms with Gasteiger partial charge >= 0.3 is 34.8 Å². The zero-order chi connectivity index (χ0) is 11.3. The fourth-order valence-electron chi connectivity index (χ4n) is 1.83. The van der Waals surface area contributed by atoms with Crippen LogP contribution in [0.25, 0.3) is 0 Å². The fraction of sp³-hybridized carbons (Fsp3) is 0.545. The molecular formula is C11H17Cl2Ir+. The first-order valence-electron chi connectivity index (χ1n) is 4.56. The molecule has 3 heteroatoms. The molecule has 0 aromatic carbocycles. The van der Waals surface area contributed by atoms with Crippen molar-refractivity contribution < 1.29 is 15.7 Å². The molecule has 1 aliphatic rings. The zero-order valence-electron chi connectivity index (χ0n) is 9.30. The molecule has 1 rings (SSSR count). The van der Waals surface area contributed by atoms with Crippen molar-refractivity contribution in [2.45, 2.75) is 41.0 Å². The van der Waals surface area contributed by atoms with Crippen LogP contribution in [0.3, 0.4) is 0 Å². The quantitative estimate of drug-likeness (QED) is 0.584. The molecule has 0 atom stereocenters. The standard InChI is InChI=1S/C11H17.2ClH.Ir/c1-6-11-9(4)7(2)8(3)10(11)5;;;/h6H2,1-5H3;2*1H;/q;;;+3/p-2. The third-order valence-electron chi connectivity index (χ3n) is 2.95. The Morgan fingerprint density at radius 1 is 0.857 bits per heavy atom. The maximum atomic E-state index is 4.89. The van der Waals surface area contributed by atoms with Gasteiger partial charge in [-0.1, -0.05) is 34.6 Å². The third kappa shape index (κ3) is 3.67. The van der Waals surface area contributed by atoms with Gasteiger partial charge in [-0.25, -0.2) is 0 Å². The van der Waals surface area contributed by atoms with Crippen molar-refractivity contribution >= 4 is 19.2 Å². The number of rotatable bonds is 1. The summed E-state index contributed by atoms with van der Waals surface area (Å²) in [7, 11) is 9.78. The number of hydrogen-bond acceptors (Lipinski definition) is 0. The molecule has 0 aliphatic heterocycles. The van der Waals surface area contributed by atoms with E-state index in [4.69, 9.17) is 19.2 Å². The molecular weight excluding hydrogens is 395 g/mol. The van der Waals surface area contributed by atoms with Gasteiger partial charge in [0, 0.05) is 0 Å². The zero-order valence-corrected chi connectivity index (χ0v) is 13.2. The van der Waals surface area contributed by atoms with Crippen molar-refractivity contribution in [2.75, 3.05) is 0 Å². The second-order valence-corrected chi connectivity index (χ2v) is 6.84. The third-order valence-corrected chi connectivity index (χ3v) is 2.95. The summed E-state index contributed by atoms with van der Waals surface area (Å²) in [5.74, 6) is 7.53. The second-order valence-electron chi connectivity index (χ2n) is 3.38. The molecule has 0 amide bonds. The summed E-state index contributed by atoms with van der Waals surface area (Å²) in [6.07, 6.45) is 1.17. The van der Waals surface area contributed by atoms with Crippen molar-refractivity contribution in [3.63, 3.8) is 0 Å². The summed E-state index contributed by atoms with van der Waals surface area (Å²) in [6, 6.07) is 0. The molecule has 0 heterocycles. The van der Waals surface area contributed by atoms with Gasteiger partial charge in [0.25, 0.3) is 0 Å². The molecule has 0 bridgehead atoms. The van der Waals surface area contributed by atoms with E-state index in [0.717, 1.165) is 0 Å². The first-order chi connectivity index (χ1) is 6.51. The van der Waals surface area contributed by atoms with Gasteiger partial charge in [0.2, 0.25) is 0 Å². The molecule has 83 valence electrons. The van der Waals surface area contributed by atoms with Crippen molar-refractivity contribution in [3.8, 4) is 0 Å². The van der Waals surface area contributed by atoms with E-state index in [9.17, 15) is 0 Å². The van der Waals surface area contributed by atoms with E-state index in [1.165, 1.54) is 30.1 Å². The van der Waals surface area contributed by atoms with Crippen molar-refractivity contribution in [2.24, 2.45) is 0 Å².